The van der Waals surface area contributed by atoms with Gasteiger partial charge in [0.1, 0.15) is 11.5 Å². The van der Waals surface area contributed by atoms with Crippen molar-refractivity contribution in [2.45, 2.75) is 12.8 Å². The summed E-state index contributed by atoms with van der Waals surface area (Å²) in [6.45, 7) is 7.68. The van der Waals surface area contributed by atoms with E-state index in [0.29, 0.717) is 47.6 Å². The summed E-state index contributed by atoms with van der Waals surface area (Å²) in [6, 6.07) is 36.0. The van der Waals surface area contributed by atoms with Gasteiger partial charge in [-0.2, -0.15) is 4.98 Å². The zero-order chi connectivity index (χ0) is 27.6. The molecule has 5 nitrogen and oxygen atoms in total. The molecular weight excluding hydrogens is 498 g/mol. The topological polar surface area (TPSA) is 49.8 Å². The van der Waals surface area contributed by atoms with Crippen LogP contribution in [-0.2, 0) is 12.8 Å². The molecule has 0 radical (unpaired) electrons. The summed E-state index contributed by atoms with van der Waals surface area (Å²) in [5.74, 6) is 4.43. The third kappa shape index (κ3) is 6.58. The van der Waals surface area contributed by atoms with Gasteiger partial charge in [0, 0.05) is 12.1 Å². The van der Waals surface area contributed by atoms with Crippen LogP contribution >= 0.6 is 0 Å². The van der Waals surface area contributed by atoms with Gasteiger partial charge in [-0.1, -0.05) is 78.9 Å². The Bertz CT molecular complexity index is 1490. The Balaban J connectivity index is 1.35. The third-order valence-electron chi connectivity index (χ3n) is 5.94. The van der Waals surface area contributed by atoms with Crippen LogP contribution in [-0.4, -0.2) is 4.98 Å². The molecule has 1 heterocycles. The summed E-state index contributed by atoms with van der Waals surface area (Å²) < 4.78 is 24.8. The lowest BCUT2D eigenvalue weighted by Crippen LogP contribution is -1.96. The molecule has 0 unspecified atom stereocenters. The maximum atomic E-state index is 6.24. The molecule has 198 valence electrons. The van der Waals surface area contributed by atoms with E-state index >= 15 is 0 Å². The summed E-state index contributed by atoms with van der Waals surface area (Å²) >= 11 is 0. The van der Waals surface area contributed by atoms with Crippen molar-refractivity contribution in [2.24, 2.45) is 0 Å². The van der Waals surface area contributed by atoms with Crippen molar-refractivity contribution in [3.8, 4) is 46.3 Å². The Morgan fingerprint density at radius 2 is 0.775 bits per heavy atom. The van der Waals surface area contributed by atoms with Crippen LogP contribution in [0.1, 0.15) is 11.1 Å². The van der Waals surface area contributed by atoms with Gasteiger partial charge < -0.3 is 18.9 Å². The van der Waals surface area contributed by atoms with Gasteiger partial charge in [-0.05, 0) is 60.4 Å². The summed E-state index contributed by atoms with van der Waals surface area (Å²) in [5, 5.41) is 0. The quantitative estimate of drug-likeness (QED) is 0.151. The second kappa shape index (κ2) is 13.0. The van der Waals surface area contributed by atoms with Crippen molar-refractivity contribution in [3.05, 3.63) is 152 Å². The second-order valence-corrected chi connectivity index (χ2v) is 8.82. The minimum absolute atomic E-state index is 0.364. The molecule has 0 aliphatic rings. The standard InChI is InChI=1S/C35H29NO4/c1-3-14-26-16-5-7-18-28(26)37-30-20-9-11-22-32(30)39-34-24-13-25-35(36-34)40-33-23-12-10-21-31(33)38-29-19-8-6-17-27(29)15-4-2/h3-13,16-25H,1-2,14-15H2. The Hall–Kier alpha value is -5.29. The summed E-state index contributed by atoms with van der Waals surface area (Å²) in [4.78, 5) is 4.57. The number of pyridine rings is 1. The van der Waals surface area contributed by atoms with Gasteiger partial charge in [-0.25, -0.2) is 0 Å². The van der Waals surface area contributed by atoms with Crippen LogP contribution in [0.3, 0.4) is 0 Å². The normalized spacial score (nSPS) is 10.4. The van der Waals surface area contributed by atoms with Gasteiger partial charge in [0.25, 0.3) is 0 Å². The van der Waals surface area contributed by atoms with Crippen molar-refractivity contribution in [2.75, 3.05) is 0 Å². The van der Waals surface area contributed by atoms with Crippen molar-refractivity contribution in [1.29, 1.82) is 0 Å². The monoisotopic (exact) mass is 527 g/mol. The highest BCUT2D eigenvalue weighted by atomic mass is 16.5. The van der Waals surface area contributed by atoms with Gasteiger partial charge in [0.15, 0.2) is 23.0 Å². The zero-order valence-electron chi connectivity index (χ0n) is 22.0. The molecule has 5 heteroatoms. The lowest BCUT2D eigenvalue weighted by Gasteiger charge is -2.15. The fraction of sp³-hybridized carbons (Fsp3) is 0.0571. The van der Waals surface area contributed by atoms with Gasteiger partial charge in [-0.15, -0.1) is 13.2 Å². The SMILES string of the molecule is C=CCc1ccccc1Oc1ccccc1Oc1cccc(Oc2ccccc2Oc2ccccc2CC=C)n1. The first-order chi connectivity index (χ1) is 19.7. The molecule has 0 atom stereocenters. The van der Waals surface area contributed by atoms with Crippen LogP contribution in [0, 0.1) is 0 Å². The van der Waals surface area contributed by atoms with Gasteiger partial charge in [0.05, 0.1) is 0 Å². The highest BCUT2D eigenvalue weighted by molar-refractivity contribution is 5.48. The number of hydrogen-bond donors (Lipinski definition) is 0. The molecule has 0 aliphatic carbocycles. The maximum absolute atomic E-state index is 6.24. The Labute approximate surface area is 234 Å². The van der Waals surface area contributed by atoms with Gasteiger partial charge in [-0.3, -0.25) is 0 Å². The first-order valence-corrected chi connectivity index (χ1v) is 13.0. The van der Waals surface area contributed by atoms with Crippen molar-refractivity contribution >= 4 is 0 Å². The molecule has 1 aromatic heterocycles. The molecule has 0 saturated heterocycles. The number of rotatable bonds is 12. The number of nitrogens with zero attached hydrogens (tertiary/aromatic N) is 1. The van der Waals surface area contributed by atoms with Crippen LogP contribution in [0.5, 0.6) is 46.3 Å². The highest BCUT2D eigenvalue weighted by Crippen LogP contribution is 2.38. The maximum Gasteiger partial charge on any atom is 0.222 e. The summed E-state index contributed by atoms with van der Waals surface area (Å²) in [5.41, 5.74) is 2.07. The Morgan fingerprint density at radius 3 is 1.18 bits per heavy atom. The summed E-state index contributed by atoms with van der Waals surface area (Å²) in [6.07, 6.45) is 5.10. The van der Waals surface area contributed by atoms with E-state index in [-0.39, 0.29) is 0 Å². The van der Waals surface area contributed by atoms with E-state index in [9.17, 15) is 0 Å². The average Bonchev–Trinajstić information content (AvgIpc) is 2.98. The van der Waals surface area contributed by atoms with Crippen LogP contribution in [0.15, 0.2) is 141 Å². The zero-order valence-corrected chi connectivity index (χ0v) is 22.0. The predicted octanol–water partition coefficient (Wildman–Crippen LogP) is 9.71. The molecule has 5 rings (SSSR count). The fourth-order valence-corrected chi connectivity index (χ4v) is 4.06. The smallest absolute Gasteiger partial charge is 0.222 e. The average molecular weight is 528 g/mol. The lowest BCUT2D eigenvalue weighted by atomic mass is 10.1. The van der Waals surface area contributed by atoms with E-state index in [1.165, 1.54) is 0 Å². The van der Waals surface area contributed by atoms with Crippen LogP contribution in [0.25, 0.3) is 0 Å². The van der Waals surface area contributed by atoms with E-state index in [0.717, 1.165) is 22.6 Å². The molecule has 0 spiro atoms. The first kappa shape index (κ1) is 26.3. The molecule has 0 bridgehead atoms. The number of hydrogen-bond acceptors (Lipinski definition) is 5. The molecule has 0 N–H and O–H groups in total. The molecule has 0 aliphatic heterocycles. The first-order valence-electron chi connectivity index (χ1n) is 13.0. The van der Waals surface area contributed by atoms with Crippen molar-refractivity contribution in [1.82, 2.24) is 4.98 Å². The van der Waals surface area contributed by atoms with Crippen LogP contribution in [0.4, 0.5) is 0 Å². The van der Waals surface area contributed by atoms with Gasteiger partial charge in [0.2, 0.25) is 11.8 Å². The van der Waals surface area contributed by atoms with E-state index in [1.807, 2.05) is 115 Å². The van der Waals surface area contributed by atoms with E-state index in [1.54, 1.807) is 12.1 Å². The minimum atomic E-state index is 0.364. The Morgan fingerprint density at radius 1 is 0.425 bits per heavy atom. The molecule has 40 heavy (non-hydrogen) atoms. The fourth-order valence-electron chi connectivity index (χ4n) is 4.06. The highest BCUT2D eigenvalue weighted by Gasteiger charge is 2.13. The van der Waals surface area contributed by atoms with Gasteiger partial charge >= 0.3 is 0 Å². The van der Waals surface area contributed by atoms with Crippen molar-refractivity contribution < 1.29 is 18.9 Å². The van der Waals surface area contributed by atoms with E-state index < -0.39 is 0 Å². The number of allylic oxidation sites excluding steroid dienone is 2. The lowest BCUT2D eigenvalue weighted by molar-refractivity contribution is 0.387. The van der Waals surface area contributed by atoms with E-state index in [2.05, 4.69) is 18.1 Å². The minimum Gasteiger partial charge on any atom is -0.453 e. The third-order valence-corrected chi connectivity index (χ3v) is 5.94. The number of ether oxygens (including phenoxy) is 4. The number of benzene rings is 4. The predicted molar refractivity (Wildman–Crippen MR) is 158 cm³/mol. The van der Waals surface area contributed by atoms with Crippen LogP contribution < -0.4 is 18.9 Å². The largest absolute Gasteiger partial charge is 0.453 e. The molecule has 0 saturated carbocycles. The Kier molecular flexibility index (Phi) is 8.54. The molecule has 4 aromatic carbocycles. The number of para-hydroxylation sites is 6. The number of aromatic nitrogens is 1. The molecular formula is C35H29NO4. The molecule has 5 aromatic rings. The van der Waals surface area contributed by atoms with Crippen LogP contribution in [0.2, 0.25) is 0 Å². The van der Waals surface area contributed by atoms with E-state index in [4.69, 9.17) is 18.9 Å². The second-order valence-electron chi connectivity index (χ2n) is 8.82. The molecule has 0 fully saturated rings. The van der Waals surface area contributed by atoms with Crippen molar-refractivity contribution in [3.63, 3.8) is 0 Å². The molecule has 0 amide bonds. The summed E-state index contributed by atoms with van der Waals surface area (Å²) in [7, 11) is 0.